The summed E-state index contributed by atoms with van der Waals surface area (Å²) in [5.41, 5.74) is 4.71. The van der Waals surface area contributed by atoms with Gasteiger partial charge in [-0.05, 0) is 38.2 Å². The van der Waals surface area contributed by atoms with Crippen molar-refractivity contribution in [2.75, 3.05) is 20.3 Å². The Hall–Kier alpha value is -2.46. The average Bonchev–Trinajstić information content (AvgIpc) is 2.53. The third-order valence-electron chi connectivity index (χ3n) is 2.80. The second-order valence-corrected chi connectivity index (χ2v) is 5.19. The number of benzene rings is 1. The first-order chi connectivity index (χ1) is 11.4. The Morgan fingerprint density at radius 1 is 1.42 bits per heavy atom. The maximum Gasteiger partial charge on any atom is 0.311 e. The highest BCUT2D eigenvalue weighted by Crippen LogP contribution is 2.27. The van der Waals surface area contributed by atoms with E-state index in [9.17, 15) is 14.9 Å². The second kappa shape index (κ2) is 9.63. The Morgan fingerprint density at radius 3 is 2.71 bits per heavy atom. The van der Waals surface area contributed by atoms with Crippen LogP contribution in [0.3, 0.4) is 0 Å². The maximum atomic E-state index is 12.1. The zero-order chi connectivity index (χ0) is 18.1. The Balaban J connectivity index is 2.69. The van der Waals surface area contributed by atoms with Crippen LogP contribution in [0.25, 0.3) is 0 Å². The van der Waals surface area contributed by atoms with Crippen LogP contribution in [-0.2, 0) is 4.74 Å². The van der Waals surface area contributed by atoms with Crippen molar-refractivity contribution in [2.45, 2.75) is 19.9 Å². The number of amides is 1. The van der Waals surface area contributed by atoms with Crippen LogP contribution in [0.4, 0.5) is 5.69 Å². The number of thiocarbonyl (C=S) groups is 1. The fourth-order valence-corrected chi connectivity index (χ4v) is 2.07. The van der Waals surface area contributed by atoms with Crippen LogP contribution in [0.15, 0.2) is 18.2 Å². The predicted molar refractivity (Wildman–Crippen MR) is 91.9 cm³/mol. The second-order valence-electron chi connectivity index (χ2n) is 4.78. The molecule has 0 aliphatic rings. The molecule has 0 spiro atoms. The molecule has 1 rings (SSSR count). The zero-order valence-corrected chi connectivity index (χ0v) is 14.4. The molecule has 10 heteroatoms. The number of hydrazine groups is 1. The van der Waals surface area contributed by atoms with Gasteiger partial charge in [-0.3, -0.25) is 25.8 Å². The molecule has 1 atom stereocenters. The van der Waals surface area contributed by atoms with Crippen LogP contribution in [0.5, 0.6) is 5.75 Å². The molecule has 9 nitrogen and oxygen atoms in total. The van der Waals surface area contributed by atoms with Crippen LogP contribution >= 0.6 is 12.2 Å². The van der Waals surface area contributed by atoms with Crippen LogP contribution < -0.4 is 20.9 Å². The first-order valence-electron chi connectivity index (χ1n) is 7.16. The van der Waals surface area contributed by atoms with Gasteiger partial charge in [0.05, 0.1) is 18.1 Å². The summed E-state index contributed by atoms with van der Waals surface area (Å²) in [6.45, 7) is 4.30. The van der Waals surface area contributed by atoms with Crippen LogP contribution in [-0.4, -0.2) is 42.3 Å². The third-order valence-corrected chi connectivity index (χ3v) is 3.02. The van der Waals surface area contributed by atoms with Gasteiger partial charge < -0.3 is 14.8 Å². The molecule has 0 aliphatic carbocycles. The molecule has 0 fully saturated rings. The Morgan fingerprint density at radius 2 is 2.12 bits per heavy atom. The largest absolute Gasteiger partial charge is 0.487 e. The van der Waals surface area contributed by atoms with Crippen molar-refractivity contribution in [3.63, 3.8) is 0 Å². The summed E-state index contributed by atoms with van der Waals surface area (Å²) in [5.74, 6) is -0.456. The Bertz CT molecular complexity index is 611. The molecule has 0 aliphatic heterocycles. The molecule has 0 heterocycles. The molecular weight excluding hydrogens is 336 g/mol. The minimum absolute atomic E-state index is 0.0431. The molecule has 0 saturated heterocycles. The highest BCUT2D eigenvalue weighted by atomic mass is 32.1. The quantitative estimate of drug-likeness (QED) is 0.378. The zero-order valence-electron chi connectivity index (χ0n) is 13.6. The number of ether oxygens (including phenoxy) is 2. The normalized spacial score (nSPS) is 11.3. The van der Waals surface area contributed by atoms with Crippen LogP contribution in [0, 0.1) is 10.1 Å². The van der Waals surface area contributed by atoms with E-state index in [1.807, 2.05) is 6.92 Å². The monoisotopic (exact) mass is 356 g/mol. The molecule has 0 unspecified atom stereocenters. The maximum absolute atomic E-state index is 12.1. The van der Waals surface area contributed by atoms with E-state index in [1.165, 1.54) is 12.1 Å². The van der Waals surface area contributed by atoms with E-state index in [2.05, 4.69) is 16.2 Å². The number of carbonyl (C=O) groups is 1. The average molecular weight is 356 g/mol. The number of methoxy groups -OCH3 is 1. The van der Waals surface area contributed by atoms with Gasteiger partial charge in [0.2, 0.25) is 0 Å². The number of hydrogen-bond acceptors (Lipinski definition) is 6. The standard InChI is InChI=1S/C14H20N4O5S/c1-4-23-12-6-5-10(7-11(12)18(20)21)13(19)16-17-14(24)15-9(2)8-22-3/h5-7,9H,4,8H2,1-3H3,(H,16,19)(H2,15,17,24)/t9-/m1/s1. The number of hydrogen-bond donors (Lipinski definition) is 3. The van der Waals surface area contributed by atoms with Crippen molar-refractivity contribution in [1.82, 2.24) is 16.2 Å². The van der Waals surface area contributed by atoms with E-state index in [-0.39, 0.29) is 34.8 Å². The first-order valence-corrected chi connectivity index (χ1v) is 7.56. The molecule has 0 saturated carbocycles. The summed E-state index contributed by atoms with van der Waals surface area (Å²) in [4.78, 5) is 22.5. The fraction of sp³-hybridized carbons (Fsp3) is 0.429. The van der Waals surface area contributed by atoms with Gasteiger partial charge in [-0.25, -0.2) is 0 Å². The van der Waals surface area contributed by atoms with Crippen molar-refractivity contribution >= 4 is 28.9 Å². The van der Waals surface area contributed by atoms with Gasteiger partial charge in [-0.1, -0.05) is 0 Å². The molecular formula is C14H20N4O5S. The first kappa shape index (κ1) is 19.6. The van der Waals surface area contributed by atoms with E-state index < -0.39 is 10.8 Å². The summed E-state index contributed by atoms with van der Waals surface area (Å²) < 4.78 is 10.1. The fourth-order valence-electron chi connectivity index (χ4n) is 1.82. The van der Waals surface area contributed by atoms with E-state index >= 15 is 0 Å². The van der Waals surface area contributed by atoms with Crippen molar-refractivity contribution in [2.24, 2.45) is 0 Å². The molecule has 3 N–H and O–H groups in total. The minimum atomic E-state index is -0.603. The number of nitrogens with one attached hydrogen (secondary N) is 3. The minimum Gasteiger partial charge on any atom is -0.487 e. The van der Waals surface area contributed by atoms with E-state index in [4.69, 9.17) is 21.7 Å². The number of nitro groups is 1. The molecule has 0 bridgehead atoms. The van der Waals surface area contributed by atoms with Gasteiger partial charge in [0.15, 0.2) is 10.9 Å². The lowest BCUT2D eigenvalue weighted by atomic mass is 10.2. The van der Waals surface area contributed by atoms with Crippen LogP contribution in [0.2, 0.25) is 0 Å². The number of carbonyl (C=O) groups excluding carboxylic acids is 1. The lowest BCUT2D eigenvalue weighted by Crippen LogP contribution is -2.49. The van der Waals surface area contributed by atoms with E-state index in [1.54, 1.807) is 14.0 Å². The third kappa shape index (κ3) is 5.97. The SMILES string of the molecule is CCOc1ccc(C(=O)NNC(=S)N[C@H](C)COC)cc1[N+](=O)[O-]. The Kier molecular flexibility index (Phi) is 7.86. The molecule has 0 aromatic heterocycles. The lowest BCUT2D eigenvalue weighted by molar-refractivity contribution is -0.385. The van der Waals surface area contributed by atoms with Crippen molar-refractivity contribution in [3.05, 3.63) is 33.9 Å². The van der Waals surface area contributed by atoms with Crippen molar-refractivity contribution in [1.29, 1.82) is 0 Å². The molecule has 1 aromatic rings. The van der Waals surface area contributed by atoms with Crippen molar-refractivity contribution < 1.29 is 19.2 Å². The van der Waals surface area contributed by atoms with Gasteiger partial charge in [0, 0.05) is 24.8 Å². The predicted octanol–water partition coefficient (Wildman–Crippen LogP) is 1.14. The highest BCUT2D eigenvalue weighted by molar-refractivity contribution is 7.80. The number of rotatable bonds is 7. The summed E-state index contributed by atoms with van der Waals surface area (Å²) >= 11 is 5.01. The number of nitrogens with zero attached hydrogens (tertiary/aromatic N) is 1. The van der Waals surface area contributed by atoms with Crippen molar-refractivity contribution in [3.8, 4) is 5.75 Å². The lowest BCUT2D eigenvalue weighted by Gasteiger charge is -2.16. The summed E-state index contributed by atoms with van der Waals surface area (Å²) in [6, 6.07) is 3.91. The van der Waals surface area contributed by atoms with Crippen LogP contribution in [0.1, 0.15) is 24.2 Å². The van der Waals surface area contributed by atoms with Gasteiger partial charge in [0.25, 0.3) is 5.91 Å². The summed E-state index contributed by atoms with van der Waals surface area (Å²) in [7, 11) is 1.56. The van der Waals surface area contributed by atoms with E-state index in [0.717, 1.165) is 6.07 Å². The Labute approximate surface area is 144 Å². The summed E-state index contributed by atoms with van der Waals surface area (Å²) in [6.07, 6.45) is 0. The highest BCUT2D eigenvalue weighted by Gasteiger charge is 2.18. The van der Waals surface area contributed by atoms with Gasteiger partial charge in [0.1, 0.15) is 0 Å². The van der Waals surface area contributed by atoms with Gasteiger partial charge >= 0.3 is 5.69 Å². The topological polar surface area (TPSA) is 115 Å². The van der Waals surface area contributed by atoms with Gasteiger partial charge in [-0.2, -0.15) is 0 Å². The molecule has 0 radical (unpaired) electrons. The smallest absolute Gasteiger partial charge is 0.311 e. The molecule has 1 aromatic carbocycles. The van der Waals surface area contributed by atoms with Gasteiger partial charge in [-0.15, -0.1) is 0 Å². The molecule has 24 heavy (non-hydrogen) atoms. The molecule has 132 valence electrons. The summed E-state index contributed by atoms with van der Waals surface area (Å²) in [5, 5.41) is 14.2. The molecule has 1 amide bonds. The van der Waals surface area contributed by atoms with E-state index in [0.29, 0.717) is 6.61 Å². The number of nitro benzene ring substituents is 1.